The van der Waals surface area contributed by atoms with Gasteiger partial charge in [0.25, 0.3) is 0 Å². The zero-order chi connectivity index (χ0) is 9.56. The minimum Gasteiger partial charge on any atom is -0.356 e. The summed E-state index contributed by atoms with van der Waals surface area (Å²) < 4.78 is -0.135. The molecular formula is C7H9Cl2NO2. The highest BCUT2D eigenvalue weighted by molar-refractivity contribution is 6.56. The summed E-state index contributed by atoms with van der Waals surface area (Å²) >= 11 is 10.4. The molecule has 0 heterocycles. The Bertz CT molecular complexity index is 209. The molecule has 3 nitrogen and oxygen atoms in total. The van der Waals surface area contributed by atoms with Crippen molar-refractivity contribution in [2.75, 3.05) is 6.54 Å². The Morgan fingerprint density at radius 2 is 2.00 bits per heavy atom. The van der Waals surface area contributed by atoms with E-state index in [0.29, 0.717) is 6.54 Å². The number of allylic oxidation sites excluding steroid dienone is 1. The summed E-state index contributed by atoms with van der Waals surface area (Å²) in [5, 5.41) is 2.47. The molecule has 0 aliphatic carbocycles. The van der Waals surface area contributed by atoms with Crippen LogP contribution >= 0.6 is 23.2 Å². The van der Waals surface area contributed by atoms with Gasteiger partial charge >= 0.3 is 0 Å². The van der Waals surface area contributed by atoms with Crippen molar-refractivity contribution in [2.24, 2.45) is 0 Å². The molecule has 5 heteroatoms. The molecule has 0 saturated carbocycles. The van der Waals surface area contributed by atoms with Gasteiger partial charge in [-0.3, -0.25) is 9.59 Å². The lowest BCUT2D eigenvalue weighted by Gasteiger charge is -1.97. The molecule has 12 heavy (non-hydrogen) atoms. The number of halogens is 2. The Hall–Kier alpha value is -0.540. The van der Waals surface area contributed by atoms with Crippen LogP contribution in [0.5, 0.6) is 0 Å². The van der Waals surface area contributed by atoms with E-state index in [2.05, 4.69) is 5.32 Å². The lowest BCUT2D eigenvalue weighted by Crippen LogP contribution is -2.24. The Labute approximate surface area is 80.7 Å². The Morgan fingerprint density at radius 1 is 1.42 bits per heavy atom. The minimum absolute atomic E-state index is 0.135. The highest BCUT2D eigenvalue weighted by Crippen LogP contribution is 2.06. The molecule has 0 radical (unpaired) electrons. The van der Waals surface area contributed by atoms with Gasteiger partial charge in [-0.25, -0.2) is 0 Å². The van der Waals surface area contributed by atoms with Crippen molar-refractivity contribution < 1.29 is 9.59 Å². The molecule has 0 rings (SSSR count). The Morgan fingerprint density at radius 3 is 2.42 bits per heavy atom. The van der Waals surface area contributed by atoms with Crippen LogP contribution in [-0.4, -0.2) is 18.2 Å². The van der Waals surface area contributed by atoms with E-state index in [1.807, 2.05) is 0 Å². The number of ketones is 1. The zero-order valence-electron chi connectivity index (χ0n) is 6.56. The van der Waals surface area contributed by atoms with E-state index in [9.17, 15) is 9.59 Å². The first-order valence-corrected chi connectivity index (χ1v) is 4.14. The van der Waals surface area contributed by atoms with Crippen LogP contribution in [0.4, 0.5) is 0 Å². The number of hydrogen-bond acceptors (Lipinski definition) is 2. The Kier molecular flexibility index (Phi) is 5.76. The molecule has 0 fully saturated rings. The van der Waals surface area contributed by atoms with Gasteiger partial charge in [-0.1, -0.05) is 23.2 Å². The fourth-order valence-corrected chi connectivity index (χ4v) is 0.834. The van der Waals surface area contributed by atoms with Gasteiger partial charge in [0, 0.05) is 12.6 Å². The van der Waals surface area contributed by atoms with E-state index in [4.69, 9.17) is 23.2 Å². The first-order valence-electron chi connectivity index (χ1n) is 3.38. The quantitative estimate of drug-likeness (QED) is 0.563. The van der Waals surface area contributed by atoms with E-state index in [1.54, 1.807) is 6.92 Å². The van der Waals surface area contributed by atoms with E-state index < -0.39 is 5.78 Å². The first kappa shape index (κ1) is 11.5. The first-order chi connectivity index (χ1) is 5.56. The molecule has 0 atom stereocenters. The SMILES string of the molecule is CCNC(=O)CC(=O)C=C(Cl)Cl. The molecule has 1 N–H and O–H groups in total. The second-order valence-electron chi connectivity index (χ2n) is 2.03. The summed E-state index contributed by atoms with van der Waals surface area (Å²) in [5.74, 6) is -0.728. The molecule has 0 aromatic carbocycles. The second kappa shape index (κ2) is 6.03. The van der Waals surface area contributed by atoms with Crippen molar-refractivity contribution in [3.63, 3.8) is 0 Å². The number of nitrogens with one attached hydrogen (secondary N) is 1. The molecule has 0 aliphatic rings. The summed E-state index contributed by atoms with van der Waals surface area (Å²) in [6.07, 6.45) is 0.801. The summed E-state index contributed by atoms with van der Waals surface area (Å²) in [6.45, 7) is 2.27. The zero-order valence-corrected chi connectivity index (χ0v) is 8.08. The summed E-state index contributed by atoms with van der Waals surface area (Å²) in [4.78, 5) is 21.6. The monoisotopic (exact) mass is 209 g/mol. The number of carbonyl (C=O) groups excluding carboxylic acids is 2. The van der Waals surface area contributed by atoms with Crippen LogP contribution in [0.15, 0.2) is 10.6 Å². The minimum atomic E-state index is -0.402. The van der Waals surface area contributed by atoms with Gasteiger partial charge < -0.3 is 5.32 Å². The standard InChI is InChI=1S/C7H9Cl2NO2/c1-2-10-7(12)4-5(11)3-6(8)9/h3H,2,4H2,1H3,(H,10,12). The van der Waals surface area contributed by atoms with Gasteiger partial charge in [-0.15, -0.1) is 0 Å². The average molecular weight is 210 g/mol. The lowest BCUT2D eigenvalue weighted by molar-refractivity contribution is -0.126. The molecule has 0 aromatic heterocycles. The van der Waals surface area contributed by atoms with Crippen molar-refractivity contribution >= 4 is 34.9 Å². The predicted octanol–water partition coefficient (Wildman–Crippen LogP) is 1.40. The molecule has 0 aliphatic heterocycles. The van der Waals surface area contributed by atoms with Gasteiger partial charge in [0.1, 0.15) is 4.49 Å². The highest BCUT2D eigenvalue weighted by atomic mass is 35.5. The van der Waals surface area contributed by atoms with Gasteiger partial charge in [0.15, 0.2) is 5.78 Å². The maximum Gasteiger partial charge on any atom is 0.227 e. The van der Waals surface area contributed by atoms with Crippen molar-refractivity contribution in [3.05, 3.63) is 10.6 Å². The van der Waals surface area contributed by atoms with Crippen LogP contribution in [0, 0.1) is 0 Å². The number of carbonyl (C=O) groups is 2. The number of rotatable bonds is 4. The molecule has 0 saturated heterocycles. The predicted molar refractivity (Wildman–Crippen MR) is 48.1 cm³/mol. The van der Waals surface area contributed by atoms with Crippen molar-refractivity contribution in [1.29, 1.82) is 0 Å². The van der Waals surface area contributed by atoms with Crippen LogP contribution in [0.1, 0.15) is 13.3 Å². The molecule has 1 amide bonds. The maximum absolute atomic E-state index is 10.8. The summed E-state index contributed by atoms with van der Waals surface area (Å²) in [7, 11) is 0. The number of hydrogen-bond donors (Lipinski definition) is 1. The van der Waals surface area contributed by atoms with Crippen LogP contribution in [-0.2, 0) is 9.59 Å². The van der Waals surface area contributed by atoms with Gasteiger partial charge in [-0.2, -0.15) is 0 Å². The third-order valence-corrected chi connectivity index (χ3v) is 1.20. The van der Waals surface area contributed by atoms with Crippen molar-refractivity contribution in [3.8, 4) is 0 Å². The second-order valence-corrected chi connectivity index (χ2v) is 3.04. The lowest BCUT2D eigenvalue weighted by atomic mass is 10.3. The van der Waals surface area contributed by atoms with Crippen LogP contribution in [0.2, 0.25) is 0 Å². The van der Waals surface area contributed by atoms with Gasteiger partial charge in [-0.05, 0) is 6.92 Å². The third-order valence-electron chi connectivity index (χ3n) is 0.979. The van der Waals surface area contributed by atoms with E-state index >= 15 is 0 Å². The highest BCUT2D eigenvalue weighted by Gasteiger charge is 2.05. The third kappa shape index (κ3) is 6.19. The molecule has 68 valence electrons. The van der Waals surface area contributed by atoms with Crippen LogP contribution in [0.25, 0.3) is 0 Å². The average Bonchev–Trinajstić information content (AvgIpc) is 1.84. The van der Waals surface area contributed by atoms with Gasteiger partial charge in [0.05, 0.1) is 6.42 Å². The smallest absolute Gasteiger partial charge is 0.227 e. The molecule has 0 aromatic rings. The number of amides is 1. The van der Waals surface area contributed by atoms with E-state index in [1.165, 1.54) is 0 Å². The summed E-state index contributed by atoms with van der Waals surface area (Å²) in [6, 6.07) is 0. The normalized spacial score (nSPS) is 8.92. The summed E-state index contributed by atoms with van der Waals surface area (Å²) in [5.41, 5.74) is 0. The largest absolute Gasteiger partial charge is 0.356 e. The molecule has 0 spiro atoms. The van der Waals surface area contributed by atoms with Crippen LogP contribution in [0.3, 0.4) is 0 Å². The molecule has 0 bridgehead atoms. The Balaban J connectivity index is 3.85. The maximum atomic E-state index is 10.8. The van der Waals surface area contributed by atoms with E-state index in [0.717, 1.165) is 6.08 Å². The fourth-order valence-electron chi connectivity index (χ4n) is 0.591. The fraction of sp³-hybridized carbons (Fsp3) is 0.429. The molecular weight excluding hydrogens is 201 g/mol. The van der Waals surface area contributed by atoms with E-state index in [-0.39, 0.29) is 16.8 Å². The topological polar surface area (TPSA) is 46.2 Å². The van der Waals surface area contributed by atoms with Crippen LogP contribution < -0.4 is 5.32 Å². The molecule has 0 unspecified atom stereocenters. The van der Waals surface area contributed by atoms with Crippen molar-refractivity contribution in [1.82, 2.24) is 5.32 Å². The van der Waals surface area contributed by atoms with Crippen molar-refractivity contribution in [2.45, 2.75) is 13.3 Å². The van der Waals surface area contributed by atoms with Gasteiger partial charge in [0.2, 0.25) is 5.91 Å².